The zero-order valence-electron chi connectivity index (χ0n) is 11.9. The van der Waals surface area contributed by atoms with Crippen LogP contribution >= 0.6 is 0 Å². The normalized spacial score (nSPS) is 11.6. The average molecular weight is 262 g/mol. The number of rotatable bonds is 3. The van der Waals surface area contributed by atoms with E-state index in [1.807, 2.05) is 50.9 Å². The molecule has 5 nitrogen and oxygen atoms in total. The van der Waals surface area contributed by atoms with Crippen LogP contribution in [0.15, 0.2) is 22.6 Å². The van der Waals surface area contributed by atoms with Crippen molar-refractivity contribution in [2.45, 2.75) is 26.3 Å². The second-order valence-electron chi connectivity index (χ2n) is 4.99. The number of carbonyl (C=O) groups excluding carboxylic acids is 1. The minimum atomic E-state index is -0.752. The van der Waals surface area contributed by atoms with Gasteiger partial charge >= 0.3 is 5.97 Å². The van der Waals surface area contributed by atoms with Crippen LogP contribution in [0, 0.1) is 6.92 Å². The Kier molecular flexibility index (Phi) is 3.22. The lowest BCUT2D eigenvalue weighted by Gasteiger charge is -2.34. The highest BCUT2D eigenvalue weighted by atomic mass is 16.5. The van der Waals surface area contributed by atoms with E-state index in [1.165, 1.54) is 7.11 Å². The Balaban J connectivity index is 2.40. The van der Waals surface area contributed by atoms with Crippen LogP contribution in [0.4, 0.5) is 5.69 Å². The van der Waals surface area contributed by atoms with Gasteiger partial charge in [0.15, 0.2) is 11.5 Å². The van der Waals surface area contributed by atoms with Crippen molar-refractivity contribution >= 4 is 22.8 Å². The van der Waals surface area contributed by atoms with Crippen molar-refractivity contribution in [2.75, 3.05) is 19.1 Å². The Hall–Kier alpha value is -2.04. The van der Waals surface area contributed by atoms with Crippen LogP contribution in [-0.4, -0.2) is 30.6 Å². The van der Waals surface area contributed by atoms with Crippen molar-refractivity contribution in [3.8, 4) is 0 Å². The molecule has 0 atom stereocenters. The number of likely N-dealkylation sites (N-methyl/N-ethyl adjacent to an activating group) is 1. The van der Waals surface area contributed by atoms with Crippen molar-refractivity contribution in [2.24, 2.45) is 0 Å². The molecular formula is C14H18N2O3. The van der Waals surface area contributed by atoms with E-state index in [0.717, 1.165) is 11.2 Å². The maximum atomic E-state index is 11.8. The maximum Gasteiger partial charge on any atom is 0.331 e. The number of ether oxygens (including phenoxy) is 1. The Morgan fingerprint density at radius 3 is 2.74 bits per heavy atom. The second-order valence-corrected chi connectivity index (χ2v) is 4.99. The Labute approximate surface area is 112 Å². The van der Waals surface area contributed by atoms with E-state index in [1.54, 1.807) is 0 Å². The molecule has 102 valence electrons. The Morgan fingerprint density at radius 1 is 1.42 bits per heavy atom. The predicted molar refractivity (Wildman–Crippen MR) is 73.2 cm³/mol. The number of anilines is 1. The van der Waals surface area contributed by atoms with Gasteiger partial charge in [-0.05, 0) is 26.0 Å². The highest BCUT2D eigenvalue weighted by Gasteiger charge is 2.33. The van der Waals surface area contributed by atoms with E-state index in [-0.39, 0.29) is 5.97 Å². The summed E-state index contributed by atoms with van der Waals surface area (Å²) >= 11 is 0. The number of hydrogen-bond acceptors (Lipinski definition) is 5. The number of hydrogen-bond donors (Lipinski definition) is 0. The summed E-state index contributed by atoms with van der Waals surface area (Å²) in [4.78, 5) is 17.9. The van der Waals surface area contributed by atoms with Gasteiger partial charge in [-0.1, -0.05) is 0 Å². The summed E-state index contributed by atoms with van der Waals surface area (Å²) in [5, 5.41) is 0. The first-order chi connectivity index (χ1) is 8.86. The van der Waals surface area contributed by atoms with E-state index in [9.17, 15) is 4.79 Å². The molecule has 0 bridgehead atoms. The smallest absolute Gasteiger partial charge is 0.331 e. The fraction of sp³-hybridized carbons (Fsp3) is 0.429. The molecule has 0 aliphatic heterocycles. The highest BCUT2D eigenvalue weighted by Crippen LogP contribution is 2.27. The van der Waals surface area contributed by atoms with Crippen molar-refractivity contribution in [3.63, 3.8) is 0 Å². The predicted octanol–water partition coefficient (Wildman–Crippen LogP) is 2.52. The standard InChI is InChI=1S/C14H18N2O3/c1-9-15-11-7-6-10(8-12(11)19-9)16(4)14(2,3)13(17)18-5/h6-8H,1-5H3. The van der Waals surface area contributed by atoms with E-state index in [4.69, 9.17) is 9.15 Å². The number of benzene rings is 1. The summed E-state index contributed by atoms with van der Waals surface area (Å²) in [5.74, 6) is 0.339. The number of carbonyl (C=O) groups is 1. The molecule has 1 aromatic heterocycles. The molecule has 0 aliphatic rings. The van der Waals surface area contributed by atoms with Crippen molar-refractivity contribution in [3.05, 3.63) is 24.1 Å². The number of fused-ring (bicyclic) bond motifs is 1. The molecule has 1 aromatic carbocycles. The number of nitrogens with zero attached hydrogens (tertiary/aromatic N) is 2. The molecule has 2 rings (SSSR count). The third-order valence-corrected chi connectivity index (χ3v) is 3.39. The van der Waals surface area contributed by atoms with Gasteiger partial charge in [-0.15, -0.1) is 0 Å². The van der Waals surface area contributed by atoms with Gasteiger partial charge in [0.1, 0.15) is 11.1 Å². The summed E-state index contributed by atoms with van der Waals surface area (Å²) in [6.07, 6.45) is 0. The quantitative estimate of drug-likeness (QED) is 0.795. The third-order valence-electron chi connectivity index (χ3n) is 3.39. The van der Waals surface area contributed by atoms with Crippen LogP contribution in [0.1, 0.15) is 19.7 Å². The van der Waals surface area contributed by atoms with Crippen molar-refractivity contribution in [1.29, 1.82) is 0 Å². The topological polar surface area (TPSA) is 55.6 Å². The summed E-state index contributed by atoms with van der Waals surface area (Å²) < 4.78 is 10.3. The zero-order chi connectivity index (χ0) is 14.2. The first-order valence-corrected chi connectivity index (χ1v) is 6.05. The molecule has 0 aliphatic carbocycles. The van der Waals surface area contributed by atoms with Gasteiger partial charge < -0.3 is 14.1 Å². The molecule has 0 saturated carbocycles. The van der Waals surface area contributed by atoms with E-state index >= 15 is 0 Å². The fourth-order valence-electron chi connectivity index (χ4n) is 1.95. The van der Waals surface area contributed by atoms with Gasteiger partial charge in [0.25, 0.3) is 0 Å². The SMILES string of the molecule is COC(=O)C(C)(C)N(C)c1ccc2nc(C)oc2c1. The monoisotopic (exact) mass is 262 g/mol. The van der Waals surface area contributed by atoms with Crippen LogP contribution in [0.25, 0.3) is 11.1 Å². The number of aryl methyl sites for hydroxylation is 1. The van der Waals surface area contributed by atoms with Gasteiger partial charge in [-0.25, -0.2) is 9.78 Å². The molecule has 1 heterocycles. The van der Waals surface area contributed by atoms with Gasteiger partial charge in [0, 0.05) is 25.7 Å². The molecule has 19 heavy (non-hydrogen) atoms. The van der Waals surface area contributed by atoms with Gasteiger partial charge in [0.2, 0.25) is 0 Å². The summed E-state index contributed by atoms with van der Waals surface area (Å²) in [6, 6.07) is 5.67. The lowest BCUT2D eigenvalue weighted by molar-refractivity contribution is -0.145. The van der Waals surface area contributed by atoms with E-state index < -0.39 is 5.54 Å². The molecule has 0 fully saturated rings. The molecule has 5 heteroatoms. The van der Waals surface area contributed by atoms with Gasteiger partial charge in [0.05, 0.1) is 7.11 Å². The van der Waals surface area contributed by atoms with E-state index in [2.05, 4.69) is 4.98 Å². The summed E-state index contributed by atoms with van der Waals surface area (Å²) in [7, 11) is 3.24. The molecule has 0 unspecified atom stereocenters. The molecular weight excluding hydrogens is 244 g/mol. The zero-order valence-corrected chi connectivity index (χ0v) is 11.9. The summed E-state index contributed by atoms with van der Waals surface area (Å²) in [6.45, 7) is 5.44. The Morgan fingerprint density at radius 2 is 2.11 bits per heavy atom. The number of methoxy groups -OCH3 is 1. The van der Waals surface area contributed by atoms with Crippen LogP contribution in [-0.2, 0) is 9.53 Å². The third kappa shape index (κ3) is 2.28. The lowest BCUT2D eigenvalue weighted by atomic mass is 10.0. The van der Waals surface area contributed by atoms with E-state index in [0.29, 0.717) is 11.5 Å². The Bertz CT molecular complexity index is 616. The minimum absolute atomic E-state index is 0.288. The molecule has 0 N–H and O–H groups in total. The summed E-state index contributed by atoms with van der Waals surface area (Å²) in [5.41, 5.74) is 1.64. The molecule has 0 saturated heterocycles. The van der Waals surface area contributed by atoms with Crippen molar-refractivity contribution < 1.29 is 13.9 Å². The molecule has 0 amide bonds. The van der Waals surface area contributed by atoms with Gasteiger partial charge in [-0.3, -0.25) is 0 Å². The highest BCUT2D eigenvalue weighted by molar-refractivity contribution is 5.85. The van der Waals surface area contributed by atoms with Gasteiger partial charge in [-0.2, -0.15) is 0 Å². The first-order valence-electron chi connectivity index (χ1n) is 6.05. The molecule has 2 aromatic rings. The molecule has 0 radical (unpaired) electrons. The van der Waals surface area contributed by atoms with Crippen LogP contribution < -0.4 is 4.90 Å². The number of esters is 1. The first kappa shape index (κ1) is 13.4. The minimum Gasteiger partial charge on any atom is -0.467 e. The lowest BCUT2D eigenvalue weighted by Crippen LogP contribution is -2.48. The number of aromatic nitrogens is 1. The fourth-order valence-corrected chi connectivity index (χ4v) is 1.95. The number of oxazole rings is 1. The average Bonchev–Trinajstić information content (AvgIpc) is 2.75. The molecule has 0 spiro atoms. The second kappa shape index (κ2) is 4.57. The van der Waals surface area contributed by atoms with Crippen LogP contribution in [0.3, 0.4) is 0 Å². The maximum absolute atomic E-state index is 11.8. The largest absolute Gasteiger partial charge is 0.467 e. The van der Waals surface area contributed by atoms with Crippen molar-refractivity contribution in [1.82, 2.24) is 4.98 Å². The van der Waals surface area contributed by atoms with Crippen LogP contribution in [0.2, 0.25) is 0 Å². The van der Waals surface area contributed by atoms with Crippen LogP contribution in [0.5, 0.6) is 0 Å².